The van der Waals surface area contributed by atoms with Gasteiger partial charge < -0.3 is 10.2 Å². The second-order valence-corrected chi connectivity index (χ2v) is 10.3. The number of hydrogen-bond acceptors (Lipinski definition) is 6. The number of nitrogens with zero attached hydrogens (tertiary/aromatic N) is 4. The number of aromatic nitrogens is 3. The average molecular weight is 488 g/mol. The Hall–Kier alpha value is -2.68. The van der Waals surface area contributed by atoms with Crippen molar-refractivity contribution >= 4 is 22.4 Å². The van der Waals surface area contributed by atoms with Gasteiger partial charge in [-0.05, 0) is 49.8 Å². The second kappa shape index (κ2) is 9.52. The van der Waals surface area contributed by atoms with Crippen LogP contribution in [0, 0.1) is 5.92 Å². The fraction of sp³-hybridized carbons (Fsp3) is 0.480. The molecule has 1 aliphatic carbocycles. The van der Waals surface area contributed by atoms with Crippen LogP contribution in [-0.2, 0) is 6.18 Å². The fourth-order valence-corrected chi connectivity index (χ4v) is 5.77. The Morgan fingerprint density at radius 2 is 1.79 bits per heavy atom. The van der Waals surface area contributed by atoms with Crippen molar-refractivity contribution in [2.75, 3.05) is 23.3 Å². The number of thiazole rings is 1. The third-order valence-electron chi connectivity index (χ3n) is 6.71. The van der Waals surface area contributed by atoms with Gasteiger partial charge in [-0.15, -0.1) is 0 Å². The molecule has 0 unspecified atom stereocenters. The third kappa shape index (κ3) is 5.04. The van der Waals surface area contributed by atoms with E-state index in [4.69, 9.17) is 9.97 Å². The van der Waals surface area contributed by atoms with Crippen LogP contribution >= 0.6 is 11.3 Å². The van der Waals surface area contributed by atoms with Gasteiger partial charge in [0.25, 0.3) is 0 Å². The van der Waals surface area contributed by atoms with Crippen molar-refractivity contribution in [3.63, 3.8) is 0 Å². The molecule has 3 heterocycles. The molecule has 0 bridgehead atoms. The summed E-state index contributed by atoms with van der Waals surface area (Å²) < 4.78 is 40.3. The smallest absolute Gasteiger partial charge is 0.351 e. The standard InChI is InChI=1S/C25H28F3N5S/c1-16-10-13-33(14-11-16)24-32-21(17-5-4-6-18(15-17)25(26,27)28)22(34-24)20-9-12-29-23(31-20)30-19-7-2-3-8-19/h4-6,9,12,15-16,19H,2-3,7-8,10-11,13-14H2,1H3,(H,29,30,31). The zero-order valence-corrected chi connectivity index (χ0v) is 19.9. The van der Waals surface area contributed by atoms with E-state index in [0.29, 0.717) is 34.9 Å². The maximum absolute atomic E-state index is 13.4. The average Bonchev–Trinajstić information content (AvgIpc) is 3.50. The topological polar surface area (TPSA) is 53.9 Å². The lowest BCUT2D eigenvalue weighted by molar-refractivity contribution is -0.137. The third-order valence-corrected chi connectivity index (χ3v) is 7.85. The van der Waals surface area contributed by atoms with Crippen LogP contribution in [-0.4, -0.2) is 34.1 Å². The number of halogens is 3. The van der Waals surface area contributed by atoms with E-state index in [-0.39, 0.29) is 0 Å². The number of anilines is 2. The first-order valence-corrected chi connectivity index (χ1v) is 12.7. The number of alkyl halides is 3. The van der Waals surface area contributed by atoms with Gasteiger partial charge in [-0.1, -0.05) is 43.2 Å². The lowest BCUT2D eigenvalue weighted by Gasteiger charge is -2.29. The van der Waals surface area contributed by atoms with Gasteiger partial charge in [-0.25, -0.2) is 15.0 Å². The second-order valence-electron chi connectivity index (χ2n) is 9.31. The summed E-state index contributed by atoms with van der Waals surface area (Å²) in [6.45, 7) is 4.04. The first-order chi connectivity index (χ1) is 16.4. The molecule has 2 aliphatic rings. The molecule has 1 N–H and O–H groups in total. The summed E-state index contributed by atoms with van der Waals surface area (Å²) >= 11 is 1.50. The fourth-order valence-electron chi connectivity index (χ4n) is 4.66. The minimum atomic E-state index is -4.41. The predicted octanol–water partition coefficient (Wildman–Crippen LogP) is 6.88. The zero-order valence-electron chi connectivity index (χ0n) is 19.1. The van der Waals surface area contributed by atoms with Crippen LogP contribution in [0.15, 0.2) is 36.5 Å². The monoisotopic (exact) mass is 487 g/mol. The van der Waals surface area contributed by atoms with E-state index in [9.17, 15) is 13.2 Å². The molecule has 0 amide bonds. The predicted molar refractivity (Wildman–Crippen MR) is 130 cm³/mol. The van der Waals surface area contributed by atoms with Gasteiger partial charge >= 0.3 is 6.18 Å². The molecule has 0 atom stereocenters. The molecule has 180 valence electrons. The Balaban J connectivity index is 1.54. The minimum absolute atomic E-state index is 0.366. The summed E-state index contributed by atoms with van der Waals surface area (Å²) in [4.78, 5) is 17.0. The van der Waals surface area contributed by atoms with Crippen molar-refractivity contribution in [2.24, 2.45) is 5.92 Å². The Labute approximate surface area is 201 Å². The maximum atomic E-state index is 13.4. The summed E-state index contributed by atoms with van der Waals surface area (Å²) in [5.74, 6) is 1.23. The van der Waals surface area contributed by atoms with E-state index < -0.39 is 11.7 Å². The van der Waals surface area contributed by atoms with Crippen LogP contribution < -0.4 is 10.2 Å². The molecular weight excluding hydrogens is 459 g/mol. The number of piperidine rings is 1. The van der Waals surface area contributed by atoms with Crippen LogP contribution in [0.2, 0.25) is 0 Å². The molecule has 2 aromatic heterocycles. The van der Waals surface area contributed by atoms with Crippen LogP contribution in [0.5, 0.6) is 0 Å². The Morgan fingerprint density at radius 3 is 2.53 bits per heavy atom. The van der Waals surface area contributed by atoms with Gasteiger partial charge in [0, 0.05) is 30.9 Å². The van der Waals surface area contributed by atoms with Crippen LogP contribution in [0.4, 0.5) is 24.3 Å². The zero-order chi connectivity index (χ0) is 23.7. The van der Waals surface area contributed by atoms with E-state index in [1.807, 2.05) is 6.07 Å². The van der Waals surface area contributed by atoms with Gasteiger partial charge in [0.2, 0.25) is 5.95 Å². The van der Waals surface area contributed by atoms with E-state index in [1.54, 1.807) is 12.3 Å². The molecule has 0 spiro atoms. The first-order valence-electron chi connectivity index (χ1n) is 11.9. The van der Waals surface area contributed by atoms with Gasteiger partial charge in [-0.3, -0.25) is 0 Å². The molecule has 1 aliphatic heterocycles. The number of nitrogens with one attached hydrogen (secondary N) is 1. The van der Waals surface area contributed by atoms with Crippen LogP contribution in [0.1, 0.15) is 51.0 Å². The van der Waals surface area contributed by atoms with Gasteiger partial charge in [0.15, 0.2) is 5.13 Å². The lowest BCUT2D eigenvalue weighted by atomic mass is 10.00. The Kier molecular flexibility index (Phi) is 6.46. The molecule has 1 saturated heterocycles. The summed E-state index contributed by atoms with van der Waals surface area (Å²) in [6, 6.07) is 7.58. The normalized spacial score (nSPS) is 17.9. The van der Waals surface area contributed by atoms with E-state index in [2.05, 4.69) is 22.1 Å². The van der Waals surface area contributed by atoms with Gasteiger partial charge in [0.1, 0.15) is 0 Å². The van der Waals surface area contributed by atoms with E-state index >= 15 is 0 Å². The van der Waals surface area contributed by atoms with Crippen molar-refractivity contribution in [3.05, 3.63) is 42.1 Å². The molecule has 3 aromatic rings. The molecule has 5 nitrogen and oxygen atoms in total. The van der Waals surface area contributed by atoms with Crippen molar-refractivity contribution in [1.29, 1.82) is 0 Å². The maximum Gasteiger partial charge on any atom is 0.416 e. The SMILES string of the molecule is CC1CCN(c2nc(-c3cccc(C(F)(F)F)c3)c(-c3ccnc(NC4CCCC4)n3)s2)CC1. The van der Waals surface area contributed by atoms with Gasteiger partial charge in [-0.2, -0.15) is 13.2 Å². The van der Waals surface area contributed by atoms with Crippen LogP contribution in [0.25, 0.3) is 21.8 Å². The van der Waals surface area contributed by atoms with Crippen molar-refractivity contribution in [3.8, 4) is 21.8 Å². The largest absolute Gasteiger partial charge is 0.416 e. The number of rotatable bonds is 5. The van der Waals surface area contributed by atoms with Crippen LogP contribution in [0.3, 0.4) is 0 Å². The van der Waals surface area contributed by atoms with E-state index in [1.165, 1.54) is 36.3 Å². The summed E-state index contributed by atoms with van der Waals surface area (Å²) in [6.07, 6.45) is 4.05. The van der Waals surface area contributed by atoms with Gasteiger partial charge in [0.05, 0.1) is 21.8 Å². The quantitative estimate of drug-likeness (QED) is 0.425. The Bertz CT molecular complexity index is 1130. The van der Waals surface area contributed by atoms with Crippen molar-refractivity contribution in [1.82, 2.24) is 15.0 Å². The highest BCUT2D eigenvalue weighted by molar-refractivity contribution is 7.19. The molecule has 2 fully saturated rings. The molecule has 9 heteroatoms. The van der Waals surface area contributed by atoms with E-state index in [0.717, 1.165) is 54.8 Å². The summed E-state index contributed by atoms with van der Waals surface area (Å²) in [5.41, 5.74) is 0.984. The highest BCUT2D eigenvalue weighted by Gasteiger charge is 2.31. The minimum Gasteiger partial charge on any atom is -0.351 e. The molecular formula is C25H28F3N5S. The summed E-state index contributed by atoms with van der Waals surface area (Å²) in [7, 11) is 0. The number of hydrogen-bond donors (Lipinski definition) is 1. The molecule has 5 rings (SSSR count). The number of benzene rings is 1. The first kappa shape index (κ1) is 23.1. The molecule has 0 radical (unpaired) electrons. The molecule has 1 saturated carbocycles. The Morgan fingerprint density at radius 1 is 1.03 bits per heavy atom. The highest BCUT2D eigenvalue weighted by Crippen LogP contribution is 2.42. The highest BCUT2D eigenvalue weighted by atomic mass is 32.1. The van der Waals surface area contributed by atoms with Crippen molar-refractivity contribution < 1.29 is 13.2 Å². The lowest BCUT2D eigenvalue weighted by Crippen LogP contribution is -2.32. The molecule has 1 aromatic carbocycles. The molecule has 34 heavy (non-hydrogen) atoms. The summed E-state index contributed by atoms with van der Waals surface area (Å²) in [5, 5.41) is 4.25. The van der Waals surface area contributed by atoms with Crippen molar-refractivity contribution in [2.45, 2.75) is 57.7 Å².